The van der Waals surface area contributed by atoms with E-state index in [1.54, 1.807) is 26.3 Å². The molecule has 154 valence electrons. The maximum atomic E-state index is 11.5. The fourth-order valence-corrected chi connectivity index (χ4v) is 3.09. The number of halogens is 1. The molecule has 0 radical (unpaired) electrons. The Hall–Kier alpha value is -2.01. The third-order valence-corrected chi connectivity index (χ3v) is 4.44. The normalized spacial score (nSPS) is 11.3. The largest absolute Gasteiger partial charge is 0.497 e. The van der Waals surface area contributed by atoms with Crippen LogP contribution < -0.4 is 20.1 Å². The molecule has 0 heterocycles. The summed E-state index contributed by atoms with van der Waals surface area (Å²) >= 11 is 0. The lowest BCUT2D eigenvalue weighted by Gasteiger charge is -2.14. The maximum absolute atomic E-state index is 11.5. The monoisotopic (exact) mass is 518 g/mol. The Kier molecular flexibility index (Phi) is 10.1. The van der Waals surface area contributed by atoms with Crippen LogP contribution in [-0.4, -0.2) is 41.3 Å². The summed E-state index contributed by atoms with van der Waals surface area (Å²) in [4.78, 5) is 4.20. The number of para-hydroxylation sites is 1. The number of nitrogens with one attached hydrogen (secondary N) is 3. The number of aliphatic imine (C=N–C) groups is 1. The molecule has 0 fully saturated rings. The number of methoxy groups -OCH3 is 1. The van der Waals surface area contributed by atoms with Crippen molar-refractivity contribution in [1.29, 1.82) is 0 Å². The quantitative estimate of drug-likeness (QED) is 0.284. The van der Waals surface area contributed by atoms with Gasteiger partial charge in [0, 0.05) is 20.1 Å². The second kappa shape index (κ2) is 11.7. The van der Waals surface area contributed by atoms with E-state index in [1.165, 1.54) is 5.56 Å². The second-order valence-electron chi connectivity index (χ2n) is 5.98. The number of ether oxygens (including phenoxy) is 1. The van der Waals surface area contributed by atoms with Crippen molar-refractivity contribution >= 4 is 45.6 Å². The van der Waals surface area contributed by atoms with Gasteiger partial charge in [-0.3, -0.25) is 9.71 Å². The zero-order valence-corrected chi connectivity index (χ0v) is 19.4. The summed E-state index contributed by atoms with van der Waals surface area (Å²) in [6, 6.07) is 15.2. The summed E-state index contributed by atoms with van der Waals surface area (Å²) in [6.45, 7) is 1.16. The van der Waals surface area contributed by atoms with Crippen LogP contribution in [0.3, 0.4) is 0 Å². The number of hydrogen-bond donors (Lipinski definition) is 3. The molecule has 2 aromatic rings. The Morgan fingerprint density at radius 1 is 1.07 bits per heavy atom. The summed E-state index contributed by atoms with van der Waals surface area (Å²) in [5, 5.41) is 6.45. The Morgan fingerprint density at radius 3 is 2.36 bits per heavy atom. The van der Waals surface area contributed by atoms with Crippen LogP contribution in [0, 0.1) is 0 Å². The third-order valence-electron chi connectivity index (χ3n) is 3.85. The van der Waals surface area contributed by atoms with E-state index < -0.39 is 10.0 Å². The van der Waals surface area contributed by atoms with Crippen LogP contribution in [0.1, 0.15) is 11.1 Å². The molecular formula is C19H27IN4O3S. The lowest BCUT2D eigenvalue weighted by atomic mass is 10.1. The summed E-state index contributed by atoms with van der Waals surface area (Å²) in [6.07, 6.45) is 1.98. The maximum Gasteiger partial charge on any atom is 0.229 e. The van der Waals surface area contributed by atoms with Gasteiger partial charge in [-0.1, -0.05) is 30.3 Å². The number of guanidine groups is 1. The molecule has 2 aromatic carbocycles. The predicted octanol–water partition coefficient (Wildman–Crippen LogP) is 2.59. The van der Waals surface area contributed by atoms with Crippen LogP contribution in [-0.2, 0) is 23.0 Å². The highest BCUT2D eigenvalue weighted by Gasteiger charge is 2.07. The van der Waals surface area contributed by atoms with Gasteiger partial charge in [0.25, 0.3) is 0 Å². The van der Waals surface area contributed by atoms with Crippen molar-refractivity contribution in [2.24, 2.45) is 4.99 Å². The lowest BCUT2D eigenvalue weighted by Crippen LogP contribution is -2.38. The molecule has 28 heavy (non-hydrogen) atoms. The fraction of sp³-hybridized carbons (Fsp3) is 0.316. The van der Waals surface area contributed by atoms with Gasteiger partial charge in [-0.2, -0.15) is 0 Å². The Balaban J connectivity index is 0.00000392. The van der Waals surface area contributed by atoms with E-state index in [0.717, 1.165) is 30.5 Å². The summed E-state index contributed by atoms with van der Waals surface area (Å²) < 4.78 is 30.7. The van der Waals surface area contributed by atoms with Crippen LogP contribution >= 0.6 is 24.0 Å². The summed E-state index contributed by atoms with van der Waals surface area (Å²) in [7, 11) is 0.0201. The highest BCUT2D eigenvalue weighted by Crippen LogP contribution is 2.16. The Morgan fingerprint density at radius 2 is 1.75 bits per heavy atom. The molecule has 2 rings (SSSR count). The van der Waals surface area contributed by atoms with Gasteiger partial charge in [0.1, 0.15) is 5.75 Å². The molecule has 0 unspecified atom stereocenters. The molecule has 0 aliphatic heterocycles. The number of sulfonamides is 1. The number of nitrogens with zero attached hydrogens (tertiary/aromatic N) is 1. The average molecular weight is 518 g/mol. The van der Waals surface area contributed by atoms with Gasteiger partial charge >= 0.3 is 0 Å². The Labute approximate surface area is 184 Å². The van der Waals surface area contributed by atoms with Crippen LogP contribution in [0.25, 0.3) is 0 Å². The number of benzene rings is 2. The molecule has 0 aromatic heterocycles. The molecule has 0 bridgehead atoms. The third kappa shape index (κ3) is 8.34. The SMILES string of the molecule is CN=C(NCCc1ccc(OC)cc1)NCc1ccccc1NS(C)(=O)=O.I. The topological polar surface area (TPSA) is 91.8 Å². The van der Waals surface area contributed by atoms with E-state index >= 15 is 0 Å². The smallest absolute Gasteiger partial charge is 0.229 e. The fourth-order valence-electron chi connectivity index (χ4n) is 2.49. The standard InChI is InChI=1S/C19H26N4O3S.HI/c1-20-19(21-13-12-15-8-10-17(26-2)11-9-15)22-14-16-6-4-5-7-18(16)23-27(3,24)25;/h4-11,23H,12-14H2,1-3H3,(H2,20,21,22);1H. The van der Waals surface area contributed by atoms with Gasteiger partial charge in [-0.05, 0) is 35.7 Å². The molecule has 0 aliphatic carbocycles. The van der Waals surface area contributed by atoms with Gasteiger partial charge in [0.05, 0.1) is 19.1 Å². The summed E-state index contributed by atoms with van der Waals surface area (Å²) in [5.74, 6) is 1.49. The van der Waals surface area contributed by atoms with Gasteiger partial charge in [-0.15, -0.1) is 24.0 Å². The lowest BCUT2D eigenvalue weighted by molar-refractivity contribution is 0.414. The number of hydrogen-bond acceptors (Lipinski definition) is 4. The van der Waals surface area contributed by atoms with Crippen molar-refractivity contribution in [1.82, 2.24) is 10.6 Å². The van der Waals surface area contributed by atoms with Crippen LogP contribution in [0.15, 0.2) is 53.5 Å². The van der Waals surface area contributed by atoms with Gasteiger partial charge in [0.15, 0.2) is 5.96 Å². The molecule has 7 nitrogen and oxygen atoms in total. The van der Waals surface area contributed by atoms with Crippen molar-refractivity contribution in [2.75, 3.05) is 31.7 Å². The highest BCUT2D eigenvalue weighted by molar-refractivity contribution is 14.0. The summed E-state index contributed by atoms with van der Waals surface area (Å²) in [5.41, 5.74) is 2.59. The van der Waals surface area contributed by atoms with Crippen molar-refractivity contribution in [3.63, 3.8) is 0 Å². The van der Waals surface area contributed by atoms with Crippen LogP contribution in [0.5, 0.6) is 5.75 Å². The predicted molar refractivity (Wildman–Crippen MR) is 125 cm³/mol. The van der Waals surface area contributed by atoms with Gasteiger partial charge < -0.3 is 15.4 Å². The zero-order chi connectivity index (χ0) is 19.7. The van der Waals surface area contributed by atoms with Crippen LogP contribution in [0.2, 0.25) is 0 Å². The molecule has 0 amide bonds. The van der Waals surface area contributed by atoms with E-state index in [1.807, 2.05) is 36.4 Å². The number of anilines is 1. The molecule has 0 atom stereocenters. The minimum absolute atomic E-state index is 0. The minimum atomic E-state index is -3.33. The number of rotatable bonds is 8. The minimum Gasteiger partial charge on any atom is -0.497 e. The van der Waals surface area contributed by atoms with Crippen molar-refractivity contribution in [3.8, 4) is 5.75 Å². The first-order chi connectivity index (χ1) is 12.9. The first kappa shape index (κ1) is 24.0. The molecule has 0 saturated carbocycles. The molecule has 0 spiro atoms. The van der Waals surface area contributed by atoms with Gasteiger partial charge in [0.2, 0.25) is 10.0 Å². The molecule has 0 aliphatic rings. The molecule has 3 N–H and O–H groups in total. The van der Waals surface area contributed by atoms with Crippen LogP contribution in [0.4, 0.5) is 5.69 Å². The van der Waals surface area contributed by atoms with Crippen molar-refractivity contribution in [3.05, 3.63) is 59.7 Å². The first-order valence-corrected chi connectivity index (χ1v) is 10.4. The average Bonchev–Trinajstić information content (AvgIpc) is 2.65. The van der Waals surface area contributed by atoms with Crippen molar-refractivity contribution in [2.45, 2.75) is 13.0 Å². The van der Waals surface area contributed by atoms with E-state index in [9.17, 15) is 8.42 Å². The molecule has 0 saturated heterocycles. The Bertz CT molecular complexity index is 871. The van der Waals surface area contributed by atoms with E-state index in [4.69, 9.17) is 4.74 Å². The highest BCUT2D eigenvalue weighted by atomic mass is 127. The van der Waals surface area contributed by atoms with E-state index in [2.05, 4.69) is 20.3 Å². The zero-order valence-electron chi connectivity index (χ0n) is 16.2. The van der Waals surface area contributed by atoms with Crippen molar-refractivity contribution < 1.29 is 13.2 Å². The molecular weight excluding hydrogens is 491 g/mol. The first-order valence-electron chi connectivity index (χ1n) is 8.54. The van der Waals surface area contributed by atoms with E-state index in [0.29, 0.717) is 18.2 Å². The van der Waals surface area contributed by atoms with E-state index in [-0.39, 0.29) is 24.0 Å². The van der Waals surface area contributed by atoms with Gasteiger partial charge in [-0.25, -0.2) is 8.42 Å². The second-order valence-corrected chi connectivity index (χ2v) is 7.73. The molecule has 9 heteroatoms.